The molecule has 0 fully saturated rings. The molecule has 0 saturated carbocycles. The van der Waals surface area contributed by atoms with Gasteiger partial charge in [0, 0.05) is 31.4 Å². The monoisotopic (exact) mass is 284 g/mol. The number of nitrogens with zero attached hydrogens (tertiary/aromatic N) is 1. The molecule has 0 spiro atoms. The highest BCUT2D eigenvalue weighted by atomic mass is 16.5. The van der Waals surface area contributed by atoms with E-state index < -0.39 is 0 Å². The van der Waals surface area contributed by atoms with Crippen molar-refractivity contribution in [1.82, 2.24) is 10.3 Å². The van der Waals surface area contributed by atoms with Gasteiger partial charge in [-0.3, -0.25) is 4.98 Å². The summed E-state index contributed by atoms with van der Waals surface area (Å²) in [6, 6.07) is 10.5. The average molecular weight is 284 g/mol. The van der Waals surface area contributed by atoms with Crippen molar-refractivity contribution in [3.8, 4) is 11.5 Å². The summed E-state index contributed by atoms with van der Waals surface area (Å²) in [5.41, 5.74) is 2.43. The highest BCUT2D eigenvalue weighted by molar-refractivity contribution is 5.43. The second kappa shape index (κ2) is 6.59. The zero-order valence-electron chi connectivity index (χ0n) is 12.2. The molecule has 110 valence electrons. The highest BCUT2D eigenvalue weighted by Crippen LogP contribution is 2.30. The lowest BCUT2D eigenvalue weighted by atomic mass is 10.1. The molecule has 1 N–H and O–H groups in total. The summed E-state index contributed by atoms with van der Waals surface area (Å²) in [7, 11) is 0. The van der Waals surface area contributed by atoms with E-state index in [2.05, 4.69) is 29.4 Å². The number of hydrogen-bond donors (Lipinski definition) is 1. The van der Waals surface area contributed by atoms with Gasteiger partial charge in [0.1, 0.15) is 0 Å². The SMILES string of the molecule is C[C@H](NCc1ccc2c(c1)OCCCO2)c1ccncc1. The summed E-state index contributed by atoms with van der Waals surface area (Å²) >= 11 is 0. The highest BCUT2D eigenvalue weighted by Gasteiger charge is 2.11. The molecule has 1 aliphatic heterocycles. The molecule has 0 radical (unpaired) electrons. The predicted molar refractivity (Wildman–Crippen MR) is 81.5 cm³/mol. The minimum absolute atomic E-state index is 0.281. The third-order valence-electron chi connectivity index (χ3n) is 3.63. The largest absolute Gasteiger partial charge is 0.490 e. The molecular weight excluding hydrogens is 264 g/mol. The number of rotatable bonds is 4. The van der Waals surface area contributed by atoms with Gasteiger partial charge in [-0.2, -0.15) is 0 Å². The van der Waals surface area contributed by atoms with Gasteiger partial charge in [-0.1, -0.05) is 6.07 Å². The van der Waals surface area contributed by atoms with Crippen LogP contribution in [0.25, 0.3) is 0 Å². The Morgan fingerprint density at radius 2 is 1.86 bits per heavy atom. The van der Waals surface area contributed by atoms with Crippen molar-refractivity contribution in [3.05, 3.63) is 53.9 Å². The minimum atomic E-state index is 0.281. The van der Waals surface area contributed by atoms with E-state index >= 15 is 0 Å². The van der Waals surface area contributed by atoms with Crippen LogP contribution in [-0.4, -0.2) is 18.2 Å². The molecule has 21 heavy (non-hydrogen) atoms. The molecular formula is C17H20N2O2. The molecule has 1 aromatic carbocycles. The first kappa shape index (κ1) is 13.9. The summed E-state index contributed by atoms with van der Waals surface area (Å²) in [5.74, 6) is 1.70. The number of aromatic nitrogens is 1. The van der Waals surface area contributed by atoms with E-state index in [0.717, 1.165) is 37.7 Å². The molecule has 0 aliphatic carbocycles. The maximum atomic E-state index is 5.72. The van der Waals surface area contributed by atoms with Crippen LogP contribution in [0.5, 0.6) is 11.5 Å². The molecule has 2 aromatic rings. The van der Waals surface area contributed by atoms with Crippen LogP contribution in [0.3, 0.4) is 0 Å². The Morgan fingerprint density at radius 3 is 2.67 bits per heavy atom. The summed E-state index contributed by atoms with van der Waals surface area (Å²) in [4.78, 5) is 4.04. The van der Waals surface area contributed by atoms with Crippen LogP contribution in [0.4, 0.5) is 0 Å². The zero-order valence-corrected chi connectivity index (χ0v) is 12.2. The molecule has 0 bridgehead atoms. The maximum absolute atomic E-state index is 5.72. The number of nitrogens with one attached hydrogen (secondary N) is 1. The van der Waals surface area contributed by atoms with Crippen LogP contribution in [0.15, 0.2) is 42.7 Å². The van der Waals surface area contributed by atoms with Gasteiger partial charge in [0.05, 0.1) is 13.2 Å². The van der Waals surface area contributed by atoms with Gasteiger partial charge in [0.2, 0.25) is 0 Å². The number of hydrogen-bond acceptors (Lipinski definition) is 4. The van der Waals surface area contributed by atoms with Crippen molar-refractivity contribution in [1.29, 1.82) is 0 Å². The Labute approximate surface area is 125 Å². The smallest absolute Gasteiger partial charge is 0.161 e. The Morgan fingerprint density at radius 1 is 1.10 bits per heavy atom. The van der Waals surface area contributed by atoms with E-state index in [-0.39, 0.29) is 6.04 Å². The molecule has 1 aliphatic rings. The van der Waals surface area contributed by atoms with E-state index in [1.165, 1.54) is 11.1 Å². The summed E-state index contributed by atoms with van der Waals surface area (Å²) in [6.45, 7) is 4.39. The fourth-order valence-corrected chi connectivity index (χ4v) is 2.36. The van der Waals surface area contributed by atoms with Gasteiger partial charge in [-0.15, -0.1) is 0 Å². The molecule has 4 nitrogen and oxygen atoms in total. The van der Waals surface area contributed by atoms with Gasteiger partial charge in [-0.05, 0) is 42.3 Å². The Hall–Kier alpha value is -2.07. The van der Waals surface area contributed by atoms with E-state index in [4.69, 9.17) is 9.47 Å². The van der Waals surface area contributed by atoms with Gasteiger partial charge >= 0.3 is 0 Å². The summed E-state index contributed by atoms with van der Waals surface area (Å²) in [6.07, 6.45) is 4.57. The fraction of sp³-hybridized carbons (Fsp3) is 0.353. The third-order valence-corrected chi connectivity index (χ3v) is 3.63. The van der Waals surface area contributed by atoms with E-state index in [0.29, 0.717) is 0 Å². The van der Waals surface area contributed by atoms with Crippen molar-refractivity contribution in [2.75, 3.05) is 13.2 Å². The van der Waals surface area contributed by atoms with Crippen LogP contribution in [-0.2, 0) is 6.54 Å². The van der Waals surface area contributed by atoms with Crippen molar-refractivity contribution in [2.24, 2.45) is 0 Å². The van der Waals surface area contributed by atoms with Crippen LogP contribution < -0.4 is 14.8 Å². The molecule has 1 atom stereocenters. The standard InChI is InChI=1S/C17H20N2O2/c1-13(15-5-7-18-8-6-15)19-12-14-3-4-16-17(11-14)21-10-2-9-20-16/h3-8,11,13,19H,2,9-10,12H2,1H3/t13-/m0/s1. The number of benzene rings is 1. The summed E-state index contributed by atoms with van der Waals surface area (Å²) < 4.78 is 11.4. The van der Waals surface area contributed by atoms with Crippen LogP contribution in [0.2, 0.25) is 0 Å². The first-order chi connectivity index (χ1) is 10.3. The van der Waals surface area contributed by atoms with Gasteiger partial charge < -0.3 is 14.8 Å². The first-order valence-corrected chi connectivity index (χ1v) is 7.35. The normalized spacial score (nSPS) is 15.3. The van der Waals surface area contributed by atoms with Crippen molar-refractivity contribution in [3.63, 3.8) is 0 Å². The molecule has 4 heteroatoms. The second-order valence-electron chi connectivity index (χ2n) is 5.21. The summed E-state index contributed by atoms with van der Waals surface area (Å²) in [5, 5.41) is 3.51. The lowest BCUT2D eigenvalue weighted by molar-refractivity contribution is 0.297. The molecule has 1 aromatic heterocycles. The Balaban J connectivity index is 1.64. The Bertz CT molecular complexity index is 587. The number of ether oxygens (including phenoxy) is 2. The quantitative estimate of drug-likeness (QED) is 0.937. The first-order valence-electron chi connectivity index (χ1n) is 7.35. The lowest BCUT2D eigenvalue weighted by Crippen LogP contribution is -2.18. The molecule has 3 rings (SSSR count). The Kier molecular flexibility index (Phi) is 4.36. The predicted octanol–water partition coefficient (Wildman–Crippen LogP) is 3.09. The van der Waals surface area contributed by atoms with Crippen LogP contribution >= 0.6 is 0 Å². The van der Waals surface area contributed by atoms with Gasteiger partial charge in [0.15, 0.2) is 11.5 Å². The zero-order chi connectivity index (χ0) is 14.5. The molecule has 0 unspecified atom stereocenters. The van der Waals surface area contributed by atoms with Crippen molar-refractivity contribution in [2.45, 2.75) is 25.9 Å². The molecule has 2 heterocycles. The molecule has 0 amide bonds. The van der Waals surface area contributed by atoms with E-state index in [1.54, 1.807) is 0 Å². The van der Waals surface area contributed by atoms with Crippen LogP contribution in [0.1, 0.15) is 30.5 Å². The lowest BCUT2D eigenvalue weighted by Gasteiger charge is -2.15. The third kappa shape index (κ3) is 3.52. The van der Waals surface area contributed by atoms with Gasteiger partial charge in [0.25, 0.3) is 0 Å². The average Bonchev–Trinajstić information content (AvgIpc) is 2.78. The van der Waals surface area contributed by atoms with Gasteiger partial charge in [-0.25, -0.2) is 0 Å². The topological polar surface area (TPSA) is 43.4 Å². The minimum Gasteiger partial charge on any atom is -0.490 e. The maximum Gasteiger partial charge on any atom is 0.161 e. The number of pyridine rings is 1. The second-order valence-corrected chi connectivity index (χ2v) is 5.21. The fourth-order valence-electron chi connectivity index (χ4n) is 2.36. The molecule has 0 saturated heterocycles. The van der Waals surface area contributed by atoms with E-state index in [1.807, 2.05) is 30.6 Å². The number of fused-ring (bicyclic) bond motifs is 1. The van der Waals surface area contributed by atoms with Crippen molar-refractivity contribution < 1.29 is 9.47 Å². The van der Waals surface area contributed by atoms with Crippen molar-refractivity contribution >= 4 is 0 Å². The van der Waals surface area contributed by atoms with E-state index in [9.17, 15) is 0 Å². The van der Waals surface area contributed by atoms with Crippen LogP contribution in [0, 0.1) is 0 Å².